The molecule has 1 atom stereocenters. The molecule has 0 saturated heterocycles. The zero-order valence-electron chi connectivity index (χ0n) is 16.6. The molecule has 0 aliphatic carbocycles. The molecule has 2 aromatic carbocycles. The Morgan fingerprint density at radius 3 is 2.36 bits per heavy atom. The molecule has 0 heterocycles. The van der Waals surface area contributed by atoms with Crippen LogP contribution in [-0.2, 0) is 11.2 Å². The molecule has 0 radical (unpaired) electrons. The van der Waals surface area contributed by atoms with Crippen molar-refractivity contribution in [2.24, 2.45) is 4.99 Å². The molecule has 28 heavy (non-hydrogen) atoms. The van der Waals surface area contributed by atoms with Gasteiger partial charge in [0.2, 0.25) is 5.91 Å². The van der Waals surface area contributed by atoms with E-state index in [1.54, 1.807) is 7.05 Å². The second kappa shape index (κ2) is 13.4. The molecule has 0 bridgehead atoms. The smallest absolute Gasteiger partial charge is 0.221 e. The Bertz CT molecular complexity index is 738. The van der Waals surface area contributed by atoms with E-state index >= 15 is 0 Å². The van der Waals surface area contributed by atoms with Gasteiger partial charge in [-0.15, -0.1) is 35.7 Å². The minimum absolute atomic E-state index is 0. The highest BCUT2D eigenvalue weighted by Gasteiger charge is 2.06. The van der Waals surface area contributed by atoms with E-state index in [-0.39, 0.29) is 29.9 Å². The van der Waals surface area contributed by atoms with E-state index in [1.807, 2.05) is 42.1 Å². The average Bonchev–Trinajstić information content (AvgIpc) is 2.66. The lowest BCUT2D eigenvalue weighted by Gasteiger charge is -2.16. The normalized spacial score (nSPS) is 11.9. The third-order valence-electron chi connectivity index (χ3n) is 3.84. The van der Waals surface area contributed by atoms with Gasteiger partial charge >= 0.3 is 0 Å². The number of aliphatic imine (C=N–C) groups is 1. The summed E-state index contributed by atoms with van der Waals surface area (Å²) in [5.41, 5.74) is 2.03. The zero-order valence-corrected chi connectivity index (χ0v) is 19.7. The van der Waals surface area contributed by atoms with Crippen LogP contribution in [0.15, 0.2) is 64.5 Å². The summed E-state index contributed by atoms with van der Waals surface area (Å²) < 4.78 is 0. The SMILES string of the molecule is CN=C(NCCc1ccc(NC(C)=O)cc1)NCC(C)Sc1ccccc1.I. The fourth-order valence-corrected chi connectivity index (χ4v) is 3.46. The van der Waals surface area contributed by atoms with Crippen molar-refractivity contribution in [2.45, 2.75) is 30.4 Å². The van der Waals surface area contributed by atoms with Gasteiger partial charge < -0.3 is 16.0 Å². The molecular weight excluding hydrogens is 483 g/mol. The third-order valence-corrected chi connectivity index (χ3v) is 4.95. The largest absolute Gasteiger partial charge is 0.356 e. The Morgan fingerprint density at radius 1 is 1.07 bits per heavy atom. The molecule has 5 nitrogen and oxygen atoms in total. The molecule has 2 rings (SSSR count). The van der Waals surface area contributed by atoms with Crippen molar-refractivity contribution in [1.82, 2.24) is 10.6 Å². The third kappa shape index (κ3) is 9.45. The van der Waals surface area contributed by atoms with Gasteiger partial charge in [0.1, 0.15) is 0 Å². The molecule has 0 saturated carbocycles. The number of nitrogens with one attached hydrogen (secondary N) is 3. The molecule has 0 aromatic heterocycles. The molecule has 1 unspecified atom stereocenters. The van der Waals surface area contributed by atoms with Crippen LogP contribution in [0.25, 0.3) is 0 Å². The van der Waals surface area contributed by atoms with Crippen molar-refractivity contribution in [3.05, 3.63) is 60.2 Å². The molecular formula is C21H29IN4OS. The van der Waals surface area contributed by atoms with Crippen molar-refractivity contribution in [3.63, 3.8) is 0 Å². The number of nitrogens with zero attached hydrogens (tertiary/aromatic N) is 1. The van der Waals surface area contributed by atoms with Gasteiger partial charge in [-0.25, -0.2) is 0 Å². The molecule has 7 heteroatoms. The molecule has 1 amide bonds. The second-order valence-electron chi connectivity index (χ2n) is 6.25. The first-order valence-corrected chi connectivity index (χ1v) is 9.97. The van der Waals surface area contributed by atoms with Crippen LogP contribution in [0.5, 0.6) is 0 Å². The predicted octanol–water partition coefficient (Wildman–Crippen LogP) is 4.15. The number of anilines is 1. The van der Waals surface area contributed by atoms with E-state index in [9.17, 15) is 4.79 Å². The van der Waals surface area contributed by atoms with Gasteiger partial charge in [-0.2, -0.15) is 0 Å². The summed E-state index contributed by atoms with van der Waals surface area (Å²) in [6, 6.07) is 18.3. The van der Waals surface area contributed by atoms with E-state index in [0.29, 0.717) is 5.25 Å². The minimum atomic E-state index is -0.0565. The van der Waals surface area contributed by atoms with Gasteiger partial charge in [-0.05, 0) is 36.2 Å². The molecule has 0 fully saturated rings. The van der Waals surface area contributed by atoms with Crippen LogP contribution in [0, 0.1) is 0 Å². The molecule has 2 aromatic rings. The highest BCUT2D eigenvalue weighted by atomic mass is 127. The number of hydrogen-bond acceptors (Lipinski definition) is 3. The van der Waals surface area contributed by atoms with Crippen LogP contribution in [0.3, 0.4) is 0 Å². The van der Waals surface area contributed by atoms with E-state index in [4.69, 9.17) is 0 Å². The van der Waals surface area contributed by atoms with E-state index in [2.05, 4.69) is 52.1 Å². The number of carbonyl (C=O) groups excluding carboxylic acids is 1. The highest BCUT2D eigenvalue weighted by Crippen LogP contribution is 2.21. The lowest BCUT2D eigenvalue weighted by Crippen LogP contribution is -2.40. The topological polar surface area (TPSA) is 65.5 Å². The summed E-state index contributed by atoms with van der Waals surface area (Å²) in [4.78, 5) is 16.6. The fraction of sp³-hybridized carbons (Fsp3) is 0.333. The van der Waals surface area contributed by atoms with E-state index < -0.39 is 0 Å². The first-order valence-electron chi connectivity index (χ1n) is 9.09. The van der Waals surface area contributed by atoms with Crippen LogP contribution in [0.2, 0.25) is 0 Å². The lowest BCUT2D eigenvalue weighted by atomic mass is 10.1. The van der Waals surface area contributed by atoms with Gasteiger partial charge in [-0.1, -0.05) is 37.3 Å². The van der Waals surface area contributed by atoms with Gasteiger partial charge in [0.05, 0.1) is 0 Å². The fourth-order valence-electron chi connectivity index (χ4n) is 2.52. The number of guanidine groups is 1. The van der Waals surface area contributed by atoms with Gasteiger partial charge in [0, 0.05) is 42.9 Å². The van der Waals surface area contributed by atoms with Crippen LogP contribution >= 0.6 is 35.7 Å². The highest BCUT2D eigenvalue weighted by molar-refractivity contribution is 14.0. The standard InChI is InChI=1S/C21H28N4OS.HI/c1-16(27-20-7-5-4-6-8-20)15-24-21(22-3)23-14-13-18-9-11-19(12-10-18)25-17(2)26;/h4-12,16H,13-15H2,1-3H3,(H,25,26)(H2,22,23,24);1H. The number of halogens is 1. The molecule has 0 aliphatic heterocycles. The Hall–Kier alpha value is -1.74. The van der Waals surface area contributed by atoms with Gasteiger partial charge in [0.15, 0.2) is 5.96 Å². The minimum Gasteiger partial charge on any atom is -0.356 e. The maximum atomic E-state index is 11.0. The average molecular weight is 512 g/mol. The van der Waals surface area contributed by atoms with Crippen LogP contribution < -0.4 is 16.0 Å². The Morgan fingerprint density at radius 2 is 1.75 bits per heavy atom. The maximum Gasteiger partial charge on any atom is 0.221 e. The molecule has 0 spiro atoms. The quantitative estimate of drug-likeness (QED) is 0.215. The first-order chi connectivity index (χ1) is 13.1. The van der Waals surface area contributed by atoms with Crippen molar-refractivity contribution in [3.8, 4) is 0 Å². The van der Waals surface area contributed by atoms with Crippen LogP contribution in [0.1, 0.15) is 19.4 Å². The molecule has 3 N–H and O–H groups in total. The summed E-state index contributed by atoms with van der Waals surface area (Å²) in [5, 5.41) is 9.93. The maximum absolute atomic E-state index is 11.0. The number of rotatable bonds is 8. The lowest BCUT2D eigenvalue weighted by molar-refractivity contribution is -0.114. The second-order valence-corrected chi connectivity index (χ2v) is 7.76. The summed E-state index contributed by atoms with van der Waals surface area (Å²) in [6.07, 6.45) is 0.884. The predicted molar refractivity (Wildman–Crippen MR) is 131 cm³/mol. The first kappa shape index (κ1) is 24.3. The van der Waals surface area contributed by atoms with Gasteiger partial charge in [-0.3, -0.25) is 9.79 Å². The number of hydrogen-bond donors (Lipinski definition) is 3. The molecule has 0 aliphatic rings. The summed E-state index contributed by atoms with van der Waals surface area (Å²) in [6.45, 7) is 5.34. The van der Waals surface area contributed by atoms with Crippen LogP contribution in [-0.4, -0.2) is 37.3 Å². The monoisotopic (exact) mass is 512 g/mol. The van der Waals surface area contributed by atoms with Crippen molar-refractivity contribution < 1.29 is 4.79 Å². The number of thioether (sulfide) groups is 1. The number of carbonyl (C=O) groups is 1. The summed E-state index contributed by atoms with van der Waals surface area (Å²) in [5.74, 6) is 0.754. The summed E-state index contributed by atoms with van der Waals surface area (Å²) >= 11 is 1.85. The molecule has 152 valence electrons. The Kier molecular flexibility index (Phi) is 11.7. The number of benzene rings is 2. The number of amides is 1. The van der Waals surface area contributed by atoms with Crippen LogP contribution in [0.4, 0.5) is 5.69 Å². The zero-order chi connectivity index (χ0) is 19.5. The van der Waals surface area contributed by atoms with E-state index in [0.717, 1.165) is 31.2 Å². The van der Waals surface area contributed by atoms with Gasteiger partial charge in [0.25, 0.3) is 0 Å². The summed E-state index contributed by atoms with van der Waals surface area (Å²) in [7, 11) is 1.78. The van der Waals surface area contributed by atoms with Crippen molar-refractivity contribution in [1.29, 1.82) is 0 Å². The Balaban J connectivity index is 0.00000392. The van der Waals surface area contributed by atoms with E-state index in [1.165, 1.54) is 17.4 Å². The van der Waals surface area contributed by atoms with Crippen molar-refractivity contribution >= 4 is 53.3 Å². The van der Waals surface area contributed by atoms with Crippen molar-refractivity contribution in [2.75, 3.05) is 25.5 Å². The Labute approximate surface area is 189 Å².